The number of thiophene rings is 1. The van der Waals surface area contributed by atoms with E-state index < -0.39 is 4.92 Å². The van der Waals surface area contributed by atoms with Crippen LogP contribution in [0.5, 0.6) is 0 Å². The Bertz CT molecular complexity index is 559. The molecule has 2 aromatic heterocycles. The highest BCUT2D eigenvalue weighted by molar-refractivity contribution is 7.07. The SMILES string of the molecule is NNc1ncc([N+](=O)[O-])c(NCCc2ccsc2)n1. The molecule has 9 heteroatoms. The van der Waals surface area contributed by atoms with E-state index in [0.29, 0.717) is 6.54 Å². The number of nitro groups is 1. The van der Waals surface area contributed by atoms with Crippen LogP contribution >= 0.6 is 11.3 Å². The predicted octanol–water partition coefficient (Wildman–Crippen LogP) is 1.39. The van der Waals surface area contributed by atoms with E-state index in [9.17, 15) is 10.1 Å². The van der Waals surface area contributed by atoms with Gasteiger partial charge in [-0.1, -0.05) is 0 Å². The van der Waals surface area contributed by atoms with Crippen molar-refractivity contribution < 1.29 is 4.92 Å². The van der Waals surface area contributed by atoms with Gasteiger partial charge >= 0.3 is 5.69 Å². The van der Waals surface area contributed by atoms with Crippen LogP contribution in [0.25, 0.3) is 0 Å². The molecular weight excluding hydrogens is 268 g/mol. The second-order valence-electron chi connectivity index (χ2n) is 3.64. The zero-order valence-electron chi connectivity index (χ0n) is 9.87. The fourth-order valence-electron chi connectivity index (χ4n) is 1.47. The third-order valence-electron chi connectivity index (χ3n) is 2.38. The number of anilines is 2. The molecule has 0 aliphatic heterocycles. The van der Waals surface area contributed by atoms with Crippen molar-refractivity contribution in [2.45, 2.75) is 6.42 Å². The number of hydrazine groups is 1. The lowest BCUT2D eigenvalue weighted by atomic mass is 10.2. The van der Waals surface area contributed by atoms with E-state index in [2.05, 4.69) is 20.7 Å². The standard InChI is InChI=1S/C10H12N6O2S/c11-15-10-13-5-8(16(17)18)9(14-10)12-3-1-7-2-4-19-6-7/h2,4-6H,1,3,11H2,(H2,12,13,14,15). The highest BCUT2D eigenvalue weighted by Gasteiger charge is 2.16. The maximum absolute atomic E-state index is 10.8. The average Bonchev–Trinajstić information content (AvgIpc) is 2.91. The topological polar surface area (TPSA) is 119 Å². The van der Waals surface area contributed by atoms with Crippen LogP contribution in [0.1, 0.15) is 5.56 Å². The van der Waals surface area contributed by atoms with Gasteiger partial charge in [-0.15, -0.1) is 0 Å². The second kappa shape index (κ2) is 6.07. The van der Waals surface area contributed by atoms with Gasteiger partial charge in [0, 0.05) is 6.54 Å². The van der Waals surface area contributed by atoms with Crippen LogP contribution in [-0.2, 0) is 6.42 Å². The third kappa shape index (κ3) is 3.36. The molecule has 100 valence electrons. The molecule has 2 rings (SSSR count). The lowest BCUT2D eigenvalue weighted by molar-refractivity contribution is -0.384. The molecule has 2 heterocycles. The predicted molar refractivity (Wildman–Crippen MR) is 73.0 cm³/mol. The molecule has 0 aromatic carbocycles. The van der Waals surface area contributed by atoms with Gasteiger partial charge in [0.2, 0.25) is 11.8 Å². The molecule has 2 aromatic rings. The van der Waals surface area contributed by atoms with Gasteiger partial charge in [0.05, 0.1) is 4.92 Å². The summed E-state index contributed by atoms with van der Waals surface area (Å²) >= 11 is 1.61. The molecule has 19 heavy (non-hydrogen) atoms. The molecule has 0 aliphatic rings. The Morgan fingerprint density at radius 2 is 2.37 bits per heavy atom. The van der Waals surface area contributed by atoms with Gasteiger partial charge in [0.1, 0.15) is 6.20 Å². The van der Waals surface area contributed by atoms with E-state index in [-0.39, 0.29) is 17.5 Å². The first-order chi connectivity index (χ1) is 9.20. The van der Waals surface area contributed by atoms with Gasteiger partial charge in [-0.3, -0.25) is 15.5 Å². The van der Waals surface area contributed by atoms with Crippen LogP contribution < -0.4 is 16.6 Å². The van der Waals surface area contributed by atoms with E-state index in [0.717, 1.165) is 12.6 Å². The number of nitrogens with zero attached hydrogens (tertiary/aromatic N) is 3. The molecule has 0 fully saturated rings. The Kier molecular flexibility index (Phi) is 4.21. The van der Waals surface area contributed by atoms with Gasteiger partial charge in [-0.05, 0) is 28.8 Å². The Morgan fingerprint density at radius 1 is 1.53 bits per heavy atom. The van der Waals surface area contributed by atoms with E-state index in [4.69, 9.17) is 5.84 Å². The van der Waals surface area contributed by atoms with Crippen molar-refractivity contribution in [1.29, 1.82) is 0 Å². The summed E-state index contributed by atoms with van der Waals surface area (Å²) < 4.78 is 0. The number of aromatic nitrogens is 2. The zero-order valence-corrected chi connectivity index (χ0v) is 10.7. The summed E-state index contributed by atoms with van der Waals surface area (Å²) in [5.41, 5.74) is 3.25. The van der Waals surface area contributed by atoms with Crippen molar-refractivity contribution in [1.82, 2.24) is 9.97 Å². The average molecular weight is 280 g/mol. The first kappa shape index (κ1) is 13.2. The summed E-state index contributed by atoms with van der Waals surface area (Å²) in [5.74, 6) is 5.46. The minimum Gasteiger partial charge on any atom is -0.364 e. The van der Waals surface area contributed by atoms with Crippen molar-refractivity contribution in [2.24, 2.45) is 5.84 Å². The second-order valence-corrected chi connectivity index (χ2v) is 4.42. The third-order valence-corrected chi connectivity index (χ3v) is 3.11. The summed E-state index contributed by atoms with van der Waals surface area (Å²) in [4.78, 5) is 18.0. The minimum atomic E-state index is -0.535. The van der Waals surface area contributed by atoms with E-state index in [1.807, 2.05) is 16.8 Å². The van der Waals surface area contributed by atoms with Crippen molar-refractivity contribution in [3.8, 4) is 0 Å². The Hall–Kier alpha value is -2.26. The Balaban J connectivity index is 2.06. The number of nitrogens with one attached hydrogen (secondary N) is 2. The van der Waals surface area contributed by atoms with Crippen molar-refractivity contribution in [3.63, 3.8) is 0 Å². The molecule has 0 aliphatic carbocycles. The molecule has 0 radical (unpaired) electrons. The van der Waals surface area contributed by atoms with Crippen molar-refractivity contribution >= 4 is 28.8 Å². The number of rotatable bonds is 6. The normalized spacial score (nSPS) is 10.2. The van der Waals surface area contributed by atoms with Gasteiger partial charge in [0.15, 0.2) is 0 Å². The Labute approximate surface area is 112 Å². The summed E-state index contributed by atoms with van der Waals surface area (Å²) in [6, 6.07) is 2.01. The van der Waals surface area contributed by atoms with Gasteiger partial charge < -0.3 is 5.32 Å². The lowest BCUT2D eigenvalue weighted by Gasteiger charge is -2.06. The fourth-order valence-corrected chi connectivity index (χ4v) is 2.17. The van der Waals surface area contributed by atoms with Crippen LogP contribution in [0.4, 0.5) is 17.5 Å². The number of hydrogen-bond acceptors (Lipinski definition) is 8. The molecule has 0 saturated heterocycles. The first-order valence-electron chi connectivity index (χ1n) is 5.43. The molecule has 4 N–H and O–H groups in total. The lowest BCUT2D eigenvalue weighted by Crippen LogP contribution is -2.14. The fraction of sp³-hybridized carbons (Fsp3) is 0.200. The quantitative estimate of drug-likeness (QED) is 0.415. The number of hydrogen-bond donors (Lipinski definition) is 3. The first-order valence-corrected chi connectivity index (χ1v) is 6.38. The van der Waals surface area contributed by atoms with E-state index in [1.54, 1.807) is 11.3 Å². The van der Waals surface area contributed by atoms with E-state index >= 15 is 0 Å². The summed E-state index contributed by atoms with van der Waals surface area (Å²) in [5, 5.41) is 17.8. The van der Waals surface area contributed by atoms with Crippen LogP contribution in [0.2, 0.25) is 0 Å². The maximum atomic E-state index is 10.8. The summed E-state index contributed by atoms with van der Waals surface area (Å²) in [6.07, 6.45) is 1.88. The Morgan fingerprint density at radius 3 is 3.00 bits per heavy atom. The van der Waals surface area contributed by atoms with Crippen LogP contribution in [0.15, 0.2) is 23.0 Å². The largest absolute Gasteiger partial charge is 0.364 e. The number of nitrogen functional groups attached to an aromatic ring is 1. The monoisotopic (exact) mass is 280 g/mol. The van der Waals surface area contributed by atoms with Crippen molar-refractivity contribution in [2.75, 3.05) is 17.3 Å². The molecular formula is C10H12N6O2S. The van der Waals surface area contributed by atoms with Gasteiger partial charge in [-0.2, -0.15) is 16.3 Å². The zero-order chi connectivity index (χ0) is 13.7. The molecule has 0 saturated carbocycles. The van der Waals surface area contributed by atoms with Crippen LogP contribution in [0, 0.1) is 10.1 Å². The smallest absolute Gasteiger partial charge is 0.329 e. The molecule has 0 unspecified atom stereocenters. The highest BCUT2D eigenvalue weighted by Crippen LogP contribution is 2.21. The molecule has 0 bridgehead atoms. The minimum absolute atomic E-state index is 0.128. The van der Waals surface area contributed by atoms with Crippen LogP contribution in [-0.4, -0.2) is 21.4 Å². The van der Waals surface area contributed by atoms with Gasteiger partial charge in [-0.25, -0.2) is 10.8 Å². The van der Waals surface area contributed by atoms with Gasteiger partial charge in [0.25, 0.3) is 0 Å². The van der Waals surface area contributed by atoms with Crippen molar-refractivity contribution in [3.05, 3.63) is 38.7 Å². The summed E-state index contributed by atoms with van der Waals surface area (Å²) in [6.45, 7) is 0.540. The molecule has 0 atom stereocenters. The number of nitrogens with two attached hydrogens (primary N) is 1. The highest BCUT2D eigenvalue weighted by atomic mass is 32.1. The van der Waals surface area contributed by atoms with Crippen LogP contribution in [0.3, 0.4) is 0 Å². The maximum Gasteiger partial charge on any atom is 0.329 e. The van der Waals surface area contributed by atoms with E-state index in [1.165, 1.54) is 5.56 Å². The molecule has 0 amide bonds. The summed E-state index contributed by atoms with van der Waals surface area (Å²) in [7, 11) is 0. The molecule has 8 nitrogen and oxygen atoms in total. The molecule has 0 spiro atoms.